The minimum absolute atomic E-state index is 0.189. The first-order valence-electron chi connectivity index (χ1n) is 5.95. The predicted molar refractivity (Wildman–Crippen MR) is 70.6 cm³/mol. The zero-order valence-corrected chi connectivity index (χ0v) is 11.3. The lowest BCUT2D eigenvalue weighted by Gasteiger charge is -2.28. The largest absolute Gasteiger partial charge is 0.377 e. The third-order valence-electron chi connectivity index (χ3n) is 2.77. The summed E-state index contributed by atoms with van der Waals surface area (Å²) in [4.78, 5) is 0. The minimum Gasteiger partial charge on any atom is -0.377 e. The summed E-state index contributed by atoms with van der Waals surface area (Å²) in [5.41, 5.74) is -0.240. The lowest BCUT2D eigenvalue weighted by Crippen LogP contribution is -2.41. The standard InChI is InChI=1S/C14H19N3O/c1-11(2)13(18-4)14(3,10-15)17-16-12-8-6-5-7-9-12/h5-9,11,13H,1-4H3. The summed E-state index contributed by atoms with van der Waals surface area (Å²) >= 11 is 0. The van der Waals surface area contributed by atoms with Gasteiger partial charge < -0.3 is 4.74 Å². The third kappa shape index (κ3) is 3.38. The zero-order valence-electron chi connectivity index (χ0n) is 11.3. The van der Waals surface area contributed by atoms with Crippen molar-refractivity contribution in [2.45, 2.75) is 32.4 Å². The molecule has 0 saturated heterocycles. The molecule has 96 valence electrons. The van der Waals surface area contributed by atoms with Gasteiger partial charge in [0, 0.05) is 7.11 Å². The second-order valence-electron chi connectivity index (χ2n) is 4.70. The van der Waals surface area contributed by atoms with E-state index in [0.717, 1.165) is 5.69 Å². The van der Waals surface area contributed by atoms with Crippen molar-refractivity contribution in [1.29, 1.82) is 5.26 Å². The topological polar surface area (TPSA) is 57.7 Å². The molecule has 0 saturated carbocycles. The molecule has 0 amide bonds. The number of ether oxygens (including phenoxy) is 1. The van der Waals surface area contributed by atoms with Crippen molar-refractivity contribution in [2.24, 2.45) is 16.1 Å². The molecule has 0 aliphatic carbocycles. The van der Waals surface area contributed by atoms with Gasteiger partial charge in [-0.1, -0.05) is 32.0 Å². The van der Waals surface area contributed by atoms with Crippen LogP contribution >= 0.6 is 0 Å². The van der Waals surface area contributed by atoms with Gasteiger partial charge in [0.15, 0.2) is 5.54 Å². The van der Waals surface area contributed by atoms with Gasteiger partial charge >= 0.3 is 0 Å². The van der Waals surface area contributed by atoms with Crippen LogP contribution in [0.1, 0.15) is 20.8 Å². The molecule has 4 heteroatoms. The molecule has 0 heterocycles. The molecule has 0 N–H and O–H groups in total. The number of benzene rings is 1. The fourth-order valence-electron chi connectivity index (χ4n) is 1.95. The van der Waals surface area contributed by atoms with Gasteiger partial charge in [-0.25, -0.2) is 0 Å². The molecule has 0 aliphatic heterocycles. The van der Waals surface area contributed by atoms with E-state index in [1.165, 1.54) is 0 Å². The van der Waals surface area contributed by atoms with Crippen LogP contribution in [0.25, 0.3) is 0 Å². The van der Waals surface area contributed by atoms with E-state index in [4.69, 9.17) is 4.74 Å². The minimum atomic E-state index is -0.973. The molecule has 1 rings (SSSR count). The van der Waals surface area contributed by atoms with Crippen LogP contribution in [0.2, 0.25) is 0 Å². The van der Waals surface area contributed by atoms with Crippen molar-refractivity contribution in [1.82, 2.24) is 0 Å². The number of methoxy groups -OCH3 is 1. The van der Waals surface area contributed by atoms with Crippen LogP contribution in [-0.2, 0) is 4.74 Å². The highest BCUT2D eigenvalue weighted by atomic mass is 16.5. The Morgan fingerprint density at radius 1 is 1.28 bits per heavy atom. The Balaban J connectivity index is 2.96. The Morgan fingerprint density at radius 2 is 1.89 bits per heavy atom. The van der Waals surface area contributed by atoms with Crippen molar-refractivity contribution in [3.05, 3.63) is 30.3 Å². The maximum absolute atomic E-state index is 9.33. The third-order valence-corrected chi connectivity index (χ3v) is 2.77. The Kier molecular flexibility index (Phi) is 4.99. The maximum atomic E-state index is 9.33. The van der Waals surface area contributed by atoms with Crippen LogP contribution in [0, 0.1) is 17.2 Å². The van der Waals surface area contributed by atoms with Crippen LogP contribution < -0.4 is 0 Å². The molecule has 1 aromatic carbocycles. The number of hydrogen-bond donors (Lipinski definition) is 0. The van der Waals surface area contributed by atoms with Crippen molar-refractivity contribution in [3.8, 4) is 6.07 Å². The summed E-state index contributed by atoms with van der Waals surface area (Å²) < 4.78 is 5.38. The summed E-state index contributed by atoms with van der Waals surface area (Å²) in [6.45, 7) is 5.75. The number of hydrogen-bond acceptors (Lipinski definition) is 4. The second-order valence-corrected chi connectivity index (χ2v) is 4.70. The molecule has 2 atom stereocenters. The van der Waals surface area contributed by atoms with Crippen molar-refractivity contribution < 1.29 is 4.74 Å². The van der Waals surface area contributed by atoms with Gasteiger partial charge in [0.05, 0.1) is 17.9 Å². The Morgan fingerprint density at radius 3 is 2.33 bits per heavy atom. The molecular weight excluding hydrogens is 226 g/mol. The summed E-state index contributed by atoms with van der Waals surface area (Å²) in [5.74, 6) is 0.189. The molecule has 1 aromatic rings. The van der Waals surface area contributed by atoms with Crippen LogP contribution in [0.3, 0.4) is 0 Å². The van der Waals surface area contributed by atoms with Crippen LogP contribution in [0.4, 0.5) is 5.69 Å². The molecule has 2 unspecified atom stereocenters. The number of rotatable bonds is 5. The quantitative estimate of drug-likeness (QED) is 0.742. The summed E-state index contributed by atoms with van der Waals surface area (Å²) in [7, 11) is 1.60. The zero-order chi connectivity index (χ0) is 13.6. The maximum Gasteiger partial charge on any atom is 0.191 e. The molecule has 0 aliphatic rings. The van der Waals surface area contributed by atoms with Gasteiger partial charge in [-0.3, -0.25) is 0 Å². The Labute approximate surface area is 108 Å². The summed E-state index contributed by atoms with van der Waals surface area (Å²) in [5, 5.41) is 17.6. The number of nitriles is 1. The molecule has 0 spiro atoms. The Bertz CT molecular complexity index is 436. The highest BCUT2D eigenvalue weighted by molar-refractivity contribution is 5.35. The molecule has 18 heavy (non-hydrogen) atoms. The van der Waals surface area contributed by atoms with E-state index < -0.39 is 5.54 Å². The molecular formula is C14H19N3O. The highest BCUT2D eigenvalue weighted by Crippen LogP contribution is 2.26. The summed E-state index contributed by atoms with van der Waals surface area (Å²) in [6, 6.07) is 11.6. The van der Waals surface area contributed by atoms with E-state index in [-0.39, 0.29) is 12.0 Å². The van der Waals surface area contributed by atoms with E-state index in [1.807, 2.05) is 44.2 Å². The summed E-state index contributed by atoms with van der Waals surface area (Å²) in [6.07, 6.45) is -0.282. The van der Waals surface area contributed by atoms with Crippen molar-refractivity contribution in [2.75, 3.05) is 7.11 Å². The Hall–Kier alpha value is -1.73. The van der Waals surface area contributed by atoms with Crippen LogP contribution in [0.5, 0.6) is 0 Å². The molecule has 0 aromatic heterocycles. The van der Waals surface area contributed by atoms with Gasteiger partial charge in [-0.15, -0.1) is 0 Å². The van der Waals surface area contributed by atoms with E-state index in [0.29, 0.717) is 0 Å². The number of nitrogens with zero attached hydrogens (tertiary/aromatic N) is 3. The lowest BCUT2D eigenvalue weighted by atomic mass is 9.89. The molecule has 0 bridgehead atoms. The molecule has 0 fully saturated rings. The first-order chi connectivity index (χ1) is 8.53. The van der Waals surface area contributed by atoms with E-state index in [2.05, 4.69) is 16.3 Å². The van der Waals surface area contributed by atoms with E-state index in [9.17, 15) is 5.26 Å². The highest BCUT2D eigenvalue weighted by Gasteiger charge is 2.37. The van der Waals surface area contributed by atoms with Gasteiger partial charge in [0.25, 0.3) is 0 Å². The van der Waals surface area contributed by atoms with Crippen LogP contribution in [-0.4, -0.2) is 18.8 Å². The van der Waals surface area contributed by atoms with Gasteiger partial charge in [-0.05, 0) is 25.0 Å². The smallest absolute Gasteiger partial charge is 0.191 e. The first-order valence-corrected chi connectivity index (χ1v) is 5.95. The first kappa shape index (κ1) is 14.3. The fourth-order valence-corrected chi connectivity index (χ4v) is 1.95. The normalized spacial score (nSPS) is 16.4. The van der Waals surface area contributed by atoms with Gasteiger partial charge in [0.2, 0.25) is 0 Å². The fraction of sp³-hybridized carbons (Fsp3) is 0.500. The average Bonchev–Trinajstić information content (AvgIpc) is 2.38. The lowest BCUT2D eigenvalue weighted by molar-refractivity contribution is 0.0263. The van der Waals surface area contributed by atoms with E-state index >= 15 is 0 Å². The van der Waals surface area contributed by atoms with E-state index in [1.54, 1.807) is 14.0 Å². The number of azo groups is 1. The molecule has 4 nitrogen and oxygen atoms in total. The van der Waals surface area contributed by atoms with Crippen molar-refractivity contribution >= 4 is 5.69 Å². The van der Waals surface area contributed by atoms with Gasteiger partial charge in [-0.2, -0.15) is 15.5 Å². The van der Waals surface area contributed by atoms with Gasteiger partial charge in [0.1, 0.15) is 0 Å². The average molecular weight is 245 g/mol. The van der Waals surface area contributed by atoms with Crippen molar-refractivity contribution in [3.63, 3.8) is 0 Å². The second kappa shape index (κ2) is 6.27. The van der Waals surface area contributed by atoms with Crippen LogP contribution in [0.15, 0.2) is 40.6 Å². The molecule has 0 radical (unpaired) electrons. The monoisotopic (exact) mass is 245 g/mol. The SMILES string of the molecule is COC(C(C)C)C(C)(C#N)N=Nc1ccccc1. The predicted octanol–water partition coefficient (Wildman–Crippen LogP) is 3.72.